The lowest BCUT2D eigenvalue weighted by atomic mass is 10.0. The summed E-state index contributed by atoms with van der Waals surface area (Å²) in [7, 11) is 4.22. The van der Waals surface area contributed by atoms with Crippen LogP contribution < -0.4 is 5.73 Å². The maximum Gasteiger partial charge on any atom is 0.226 e. The summed E-state index contributed by atoms with van der Waals surface area (Å²) in [5.41, 5.74) is 7.75. The van der Waals surface area contributed by atoms with Crippen LogP contribution in [-0.4, -0.2) is 48.9 Å². The van der Waals surface area contributed by atoms with Gasteiger partial charge in [0.1, 0.15) is 0 Å². The van der Waals surface area contributed by atoms with E-state index in [0.717, 1.165) is 37.1 Å². The van der Waals surface area contributed by atoms with Crippen molar-refractivity contribution in [3.05, 3.63) is 35.4 Å². The van der Waals surface area contributed by atoms with Gasteiger partial charge in [0.15, 0.2) is 0 Å². The summed E-state index contributed by atoms with van der Waals surface area (Å²) < 4.78 is 0. The molecule has 1 amide bonds. The van der Waals surface area contributed by atoms with E-state index in [9.17, 15) is 4.79 Å². The fourth-order valence-electron chi connectivity index (χ4n) is 2.71. The number of nitrogens with zero attached hydrogens (tertiary/aromatic N) is 2. The number of rotatable bonds is 4. The van der Waals surface area contributed by atoms with Crippen LogP contribution in [0, 0.1) is 0 Å². The quantitative estimate of drug-likeness (QED) is 0.899. The van der Waals surface area contributed by atoms with E-state index in [1.54, 1.807) is 0 Å². The third-order valence-electron chi connectivity index (χ3n) is 4.16. The van der Waals surface area contributed by atoms with E-state index >= 15 is 0 Å². The average molecular weight is 275 g/mol. The number of hydrogen-bond donors (Lipinski definition) is 1. The molecule has 0 spiro atoms. The van der Waals surface area contributed by atoms with Crippen LogP contribution in [0.25, 0.3) is 0 Å². The SMILES string of the molecule is CN(C)C1CCN(C(=O)Cc2ccc(CN)cc2)CC1. The molecule has 2 rings (SSSR count). The Morgan fingerprint density at radius 1 is 1.20 bits per heavy atom. The maximum absolute atomic E-state index is 12.3. The fraction of sp³-hybridized carbons (Fsp3) is 0.562. The van der Waals surface area contributed by atoms with Crippen molar-refractivity contribution in [3.8, 4) is 0 Å². The van der Waals surface area contributed by atoms with Crippen LogP contribution in [0.4, 0.5) is 0 Å². The second kappa shape index (κ2) is 6.86. The molecule has 110 valence electrons. The molecule has 1 fully saturated rings. The van der Waals surface area contributed by atoms with Crippen molar-refractivity contribution in [2.24, 2.45) is 5.73 Å². The summed E-state index contributed by atoms with van der Waals surface area (Å²) in [6.45, 7) is 2.30. The van der Waals surface area contributed by atoms with Gasteiger partial charge in [0, 0.05) is 25.7 Å². The van der Waals surface area contributed by atoms with Crippen molar-refractivity contribution in [1.82, 2.24) is 9.80 Å². The van der Waals surface area contributed by atoms with E-state index in [1.807, 2.05) is 29.2 Å². The lowest BCUT2D eigenvalue weighted by molar-refractivity contribution is -0.131. The lowest BCUT2D eigenvalue weighted by Gasteiger charge is -2.35. The molecule has 4 heteroatoms. The molecule has 1 aliphatic rings. The Hall–Kier alpha value is -1.39. The molecule has 0 atom stereocenters. The van der Waals surface area contributed by atoms with E-state index in [1.165, 1.54) is 0 Å². The molecule has 1 aliphatic heterocycles. The summed E-state index contributed by atoms with van der Waals surface area (Å²) >= 11 is 0. The summed E-state index contributed by atoms with van der Waals surface area (Å²) in [6.07, 6.45) is 2.65. The molecular weight excluding hydrogens is 250 g/mol. The minimum absolute atomic E-state index is 0.239. The zero-order valence-corrected chi connectivity index (χ0v) is 12.5. The van der Waals surface area contributed by atoms with Crippen LogP contribution in [0.15, 0.2) is 24.3 Å². The van der Waals surface area contributed by atoms with E-state index < -0.39 is 0 Å². The highest BCUT2D eigenvalue weighted by molar-refractivity contribution is 5.78. The molecular formula is C16H25N3O. The molecule has 1 saturated heterocycles. The third kappa shape index (κ3) is 3.81. The highest BCUT2D eigenvalue weighted by atomic mass is 16.2. The van der Waals surface area contributed by atoms with Crippen molar-refractivity contribution in [2.75, 3.05) is 27.2 Å². The minimum atomic E-state index is 0.239. The molecule has 0 aliphatic carbocycles. The highest BCUT2D eigenvalue weighted by Crippen LogP contribution is 2.15. The largest absolute Gasteiger partial charge is 0.342 e. The van der Waals surface area contributed by atoms with Gasteiger partial charge in [-0.2, -0.15) is 0 Å². The van der Waals surface area contributed by atoms with Gasteiger partial charge in [-0.05, 0) is 38.1 Å². The molecule has 2 N–H and O–H groups in total. The van der Waals surface area contributed by atoms with Crippen molar-refractivity contribution in [2.45, 2.75) is 31.8 Å². The van der Waals surface area contributed by atoms with Crippen LogP contribution in [0.1, 0.15) is 24.0 Å². The van der Waals surface area contributed by atoms with Crippen molar-refractivity contribution < 1.29 is 4.79 Å². The third-order valence-corrected chi connectivity index (χ3v) is 4.16. The summed E-state index contributed by atoms with van der Waals surface area (Å²) in [5.74, 6) is 0.239. The molecule has 0 unspecified atom stereocenters. The molecule has 0 aromatic heterocycles. The minimum Gasteiger partial charge on any atom is -0.342 e. The fourth-order valence-corrected chi connectivity index (χ4v) is 2.71. The number of carbonyl (C=O) groups is 1. The normalized spacial score (nSPS) is 16.7. The first-order chi connectivity index (χ1) is 9.60. The second-order valence-electron chi connectivity index (χ2n) is 5.77. The van der Waals surface area contributed by atoms with Gasteiger partial charge in [0.05, 0.1) is 6.42 Å². The van der Waals surface area contributed by atoms with Crippen LogP contribution >= 0.6 is 0 Å². The Kier molecular flexibility index (Phi) is 5.15. The molecule has 0 saturated carbocycles. The van der Waals surface area contributed by atoms with E-state index in [4.69, 9.17) is 5.73 Å². The van der Waals surface area contributed by atoms with Gasteiger partial charge in [-0.15, -0.1) is 0 Å². The number of benzene rings is 1. The summed E-state index contributed by atoms with van der Waals surface area (Å²) in [6, 6.07) is 8.63. The molecule has 0 bridgehead atoms. The lowest BCUT2D eigenvalue weighted by Crippen LogP contribution is -2.44. The topological polar surface area (TPSA) is 49.6 Å². The van der Waals surface area contributed by atoms with Gasteiger partial charge in [-0.25, -0.2) is 0 Å². The number of hydrogen-bond acceptors (Lipinski definition) is 3. The number of amides is 1. The molecule has 1 aromatic rings. The molecule has 20 heavy (non-hydrogen) atoms. The Balaban J connectivity index is 1.86. The van der Waals surface area contributed by atoms with Crippen LogP contribution in [0.5, 0.6) is 0 Å². The number of piperidine rings is 1. The Bertz CT molecular complexity index is 434. The Morgan fingerprint density at radius 3 is 2.25 bits per heavy atom. The number of nitrogens with two attached hydrogens (primary N) is 1. The van der Waals surface area contributed by atoms with E-state index in [-0.39, 0.29) is 5.91 Å². The van der Waals surface area contributed by atoms with Crippen molar-refractivity contribution in [1.29, 1.82) is 0 Å². The zero-order chi connectivity index (χ0) is 14.5. The number of likely N-dealkylation sites (tertiary alicyclic amines) is 1. The zero-order valence-electron chi connectivity index (χ0n) is 12.5. The molecule has 4 nitrogen and oxygen atoms in total. The standard InChI is InChI=1S/C16H25N3O/c1-18(2)15-7-9-19(10-8-15)16(20)11-13-3-5-14(12-17)6-4-13/h3-6,15H,7-12,17H2,1-2H3. The smallest absolute Gasteiger partial charge is 0.226 e. The highest BCUT2D eigenvalue weighted by Gasteiger charge is 2.23. The first-order valence-corrected chi connectivity index (χ1v) is 7.32. The second-order valence-corrected chi connectivity index (χ2v) is 5.77. The van der Waals surface area contributed by atoms with Gasteiger partial charge in [-0.1, -0.05) is 24.3 Å². The first kappa shape index (κ1) is 15.0. The Labute approximate surface area is 121 Å². The summed E-state index contributed by atoms with van der Waals surface area (Å²) in [4.78, 5) is 16.5. The van der Waals surface area contributed by atoms with Crippen LogP contribution in [0.2, 0.25) is 0 Å². The van der Waals surface area contributed by atoms with E-state index in [0.29, 0.717) is 19.0 Å². The van der Waals surface area contributed by atoms with Crippen LogP contribution in [-0.2, 0) is 17.8 Å². The predicted octanol–water partition coefficient (Wildman–Crippen LogP) is 1.24. The first-order valence-electron chi connectivity index (χ1n) is 7.32. The van der Waals surface area contributed by atoms with Gasteiger partial charge in [0.25, 0.3) is 0 Å². The van der Waals surface area contributed by atoms with Crippen molar-refractivity contribution in [3.63, 3.8) is 0 Å². The van der Waals surface area contributed by atoms with Crippen LogP contribution in [0.3, 0.4) is 0 Å². The molecule has 1 heterocycles. The van der Waals surface area contributed by atoms with Gasteiger partial charge >= 0.3 is 0 Å². The maximum atomic E-state index is 12.3. The van der Waals surface area contributed by atoms with Crippen molar-refractivity contribution >= 4 is 5.91 Å². The Morgan fingerprint density at radius 2 is 1.75 bits per heavy atom. The summed E-state index contributed by atoms with van der Waals surface area (Å²) in [5, 5.41) is 0. The molecule has 0 radical (unpaired) electrons. The van der Waals surface area contributed by atoms with E-state index in [2.05, 4.69) is 19.0 Å². The van der Waals surface area contributed by atoms with Gasteiger partial charge in [-0.3, -0.25) is 4.79 Å². The number of carbonyl (C=O) groups excluding carboxylic acids is 1. The predicted molar refractivity (Wildman–Crippen MR) is 81.3 cm³/mol. The van der Waals surface area contributed by atoms with Gasteiger partial charge in [0.2, 0.25) is 5.91 Å². The monoisotopic (exact) mass is 275 g/mol. The molecule has 1 aromatic carbocycles. The average Bonchev–Trinajstić information content (AvgIpc) is 2.48. The van der Waals surface area contributed by atoms with Gasteiger partial charge < -0.3 is 15.5 Å².